The Hall–Kier alpha value is -1.03. The van der Waals surface area contributed by atoms with Crippen molar-refractivity contribution < 1.29 is 9.53 Å². The van der Waals surface area contributed by atoms with Crippen LogP contribution in [0.4, 0.5) is 0 Å². The van der Waals surface area contributed by atoms with Crippen molar-refractivity contribution in [3.8, 4) is 0 Å². The number of likely N-dealkylation sites (N-methyl/N-ethyl adjacent to an activating group) is 1. The summed E-state index contributed by atoms with van der Waals surface area (Å²) in [6, 6.07) is -0.478. The lowest BCUT2D eigenvalue weighted by Gasteiger charge is -2.29. The van der Waals surface area contributed by atoms with Crippen LogP contribution < -0.4 is 5.73 Å². The Labute approximate surface area is 98.4 Å². The van der Waals surface area contributed by atoms with E-state index in [2.05, 4.69) is 0 Å². The number of hydrogen-bond acceptors (Lipinski definition) is 3. The summed E-state index contributed by atoms with van der Waals surface area (Å²) in [5, 5.41) is 0. The molecule has 94 valence electrons. The predicted octanol–water partition coefficient (Wildman–Crippen LogP) is 1.37. The zero-order valence-electron chi connectivity index (χ0n) is 11.2. The molecule has 0 rings (SSSR count). The fourth-order valence-electron chi connectivity index (χ4n) is 1.05. The third-order valence-electron chi connectivity index (χ3n) is 2.55. The Morgan fingerprint density at radius 2 is 2.00 bits per heavy atom. The fraction of sp³-hybridized carbons (Fsp3) is 0.750. The summed E-state index contributed by atoms with van der Waals surface area (Å²) in [7, 11) is 3.35. The Kier molecular flexibility index (Phi) is 5.51. The molecule has 0 aromatic carbocycles. The van der Waals surface area contributed by atoms with E-state index in [0.717, 1.165) is 5.76 Å². The first kappa shape index (κ1) is 15.0. The summed E-state index contributed by atoms with van der Waals surface area (Å²) < 4.78 is 5.00. The molecule has 1 amide bonds. The Morgan fingerprint density at radius 1 is 1.50 bits per heavy atom. The number of allylic oxidation sites excluding steroid dienone is 1. The van der Waals surface area contributed by atoms with Gasteiger partial charge in [-0.05, 0) is 18.4 Å². The number of nitrogens with two attached hydrogens (primary N) is 1. The maximum atomic E-state index is 11.9. The highest BCUT2D eigenvalue weighted by atomic mass is 16.5. The van der Waals surface area contributed by atoms with E-state index in [4.69, 9.17) is 10.5 Å². The monoisotopic (exact) mass is 228 g/mol. The quantitative estimate of drug-likeness (QED) is 0.739. The smallest absolute Gasteiger partial charge is 0.240 e. The van der Waals surface area contributed by atoms with Gasteiger partial charge in [0.1, 0.15) is 0 Å². The summed E-state index contributed by atoms with van der Waals surface area (Å²) >= 11 is 0. The molecule has 4 nitrogen and oxygen atoms in total. The van der Waals surface area contributed by atoms with Crippen molar-refractivity contribution in [2.75, 3.05) is 20.7 Å². The zero-order chi connectivity index (χ0) is 12.9. The molecule has 0 aromatic heterocycles. The van der Waals surface area contributed by atoms with Crippen LogP contribution in [0.1, 0.15) is 27.7 Å². The summed E-state index contributed by atoms with van der Waals surface area (Å²) in [5.41, 5.74) is 5.67. The highest BCUT2D eigenvalue weighted by molar-refractivity contribution is 5.82. The fourth-order valence-corrected chi connectivity index (χ4v) is 1.05. The SMILES string of the molecule is CO/C(C)=C/CN(C)C(=O)C(N)C(C)(C)C. The second-order valence-electron chi connectivity index (χ2n) is 5.08. The van der Waals surface area contributed by atoms with E-state index in [-0.39, 0.29) is 11.3 Å². The van der Waals surface area contributed by atoms with Gasteiger partial charge < -0.3 is 15.4 Å². The van der Waals surface area contributed by atoms with Crippen molar-refractivity contribution in [1.29, 1.82) is 0 Å². The normalized spacial score (nSPS) is 14.6. The highest BCUT2D eigenvalue weighted by Crippen LogP contribution is 2.18. The lowest BCUT2D eigenvalue weighted by atomic mass is 9.86. The maximum absolute atomic E-state index is 11.9. The van der Waals surface area contributed by atoms with Gasteiger partial charge >= 0.3 is 0 Å². The largest absolute Gasteiger partial charge is 0.502 e. The molecule has 0 aliphatic carbocycles. The molecule has 16 heavy (non-hydrogen) atoms. The average Bonchev–Trinajstić information content (AvgIpc) is 2.21. The minimum absolute atomic E-state index is 0.0485. The van der Waals surface area contributed by atoms with Crippen molar-refractivity contribution in [1.82, 2.24) is 4.90 Å². The molecule has 2 N–H and O–H groups in total. The second-order valence-corrected chi connectivity index (χ2v) is 5.08. The molecule has 1 atom stereocenters. The number of amides is 1. The van der Waals surface area contributed by atoms with Gasteiger partial charge in [0, 0.05) is 13.6 Å². The van der Waals surface area contributed by atoms with E-state index in [1.165, 1.54) is 0 Å². The number of hydrogen-bond donors (Lipinski definition) is 1. The first-order valence-electron chi connectivity index (χ1n) is 5.41. The summed E-state index contributed by atoms with van der Waals surface area (Å²) in [4.78, 5) is 13.5. The van der Waals surface area contributed by atoms with Gasteiger partial charge in [-0.1, -0.05) is 20.8 Å². The minimum Gasteiger partial charge on any atom is -0.502 e. The number of ether oxygens (including phenoxy) is 1. The topological polar surface area (TPSA) is 55.6 Å². The Balaban J connectivity index is 4.41. The standard InChI is InChI=1S/C12H24N2O2/c1-9(16-6)7-8-14(5)11(15)10(13)12(2,3)4/h7,10H,8,13H2,1-6H3/b9-7+. The molecule has 0 heterocycles. The van der Waals surface area contributed by atoms with Crippen molar-refractivity contribution in [2.24, 2.45) is 11.1 Å². The number of carbonyl (C=O) groups is 1. The molecule has 0 saturated carbocycles. The van der Waals surface area contributed by atoms with Crippen LogP contribution in [0.15, 0.2) is 11.8 Å². The molecule has 0 fully saturated rings. The summed E-state index contributed by atoms with van der Waals surface area (Å²) in [6.45, 7) is 8.24. The lowest BCUT2D eigenvalue weighted by Crippen LogP contribution is -2.49. The van der Waals surface area contributed by atoms with E-state index >= 15 is 0 Å². The van der Waals surface area contributed by atoms with E-state index in [1.54, 1.807) is 19.1 Å². The highest BCUT2D eigenvalue weighted by Gasteiger charge is 2.29. The average molecular weight is 228 g/mol. The van der Waals surface area contributed by atoms with Crippen LogP contribution >= 0.6 is 0 Å². The van der Waals surface area contributed by atoms with E-state index < -0.39 is 6.04 Å². The van der Waals surface area contributed by atoms with Crippen LogP contribution in [-0.2, 0) is 9.53 Å². The van der Waals surface area contributed by atoms with Gasteiger partial charge in [-0.2, -0.15) is 0 Å². The van der Waals surface area contributed by atoms with Gasteiger partial charge in [-0.15, -0.1) is 0 Å². The molecule has 0 radical (unpaired) electrons. The van der Waals surface area contributed by atoms with Gasteiger partial charge in [0.05, 0.1) is 18.9 Å². The molecule has 1 unspecified atom stereocenters. The van der Waals surface area contributed by atoms with Gasteiger partial charge in [0.25, 0.3) is 0 Å². The molecular formula is C12H24N2O2. The minimum atomic E-state index is -0.478. The zero-order valence-corrected chi connectivity index (χ0v) is 11.2. The first-order chi connectivity index (χ1) is 7.20. The molecule has 0 aromatic rings. The van der Waals surface area contributed by atoms with Crippen LogP contribution in [-0.4, -0.2) is 37.6 Å². The van der Waals surface area contributed by atoms with Gasteiger partial charge in [-0.3, -0.25) is 4.79 Å². The van der Waals surface area contributed by atoms with Crippen molar-refractivity contribution in [2.45, 2.75) is 33.7 Å². The number of methoxy groups -OCH3 is 1. The molecule has 4 heteroatoms. The second kappa shape index (κ2) is 5.89. The number of rotatable bonds is 4. The van der Waals surface area contributed by atoms with E-state index in [0.29, 0.717) is 6.54 Å². The van der Waals surface area contributed by atoms with Crippen molar-refractivity contribution in [3.05, 3.63) is 11.8 Å². The molecule has 0 saturated heterocycles. The van der Waals surface area contributed by atoms with Gasteiger partial charge in [0.2, 0.25) is 5.91 Å². The third-order valence-corrected chi connectivity index (χ3v) is 2.55. The molecular weight excluding hydrogens is 204 g/mol. The molecule has 0 spiro atoms. The summed E-state index contributed by atoms with van der Waals surface area (Å²) in [5.74, 6) is 0.747. The van der Waals surface area contributed by atoms with E-state index in [1.807, 2.05) is 33.8 Å². The number of carbonyl (C=O) groups excluding carboxylic acids is 1. The molecule has 0 bridgehead atoms. The van der Waals surface area contributed by atoms with Crippen LogP contribution in [0.3, 0.4) is 0 Å². The van der Waals surface area contributed by atoms with Gasteiger partial charge in [0.15, 0.2) is 0 Å². The van der Waals surface area contributed by atoms with E-state index in [9.17, 15) is 4.79 Å². The Morgan fingerprint density at radius 3 is 2.38 bits per heavy atom. The van der Waals surface area contributed by atoms with Gasteiger partial charge in [-0.25, -0.2) is 0 Å². The first-order valence-corrected chi connectivity index (χ1v) is 5.41. The van der Waals surface area contributed by atoms with Crippen LogP contribution in [0.25, 0.3) is 0 Å². The maximum Gasteiger partial charge on any atom is 0.240 e. The van der Waals surface area contributed by atoms with Crippen molar-refractivity contribution in [3.63, 3.8) is 0 Å². The van der Waals surface area contributed by atoms with Crippen LogP contribution in [0.2, 0.25) is 0 Å². The lowest BCUT2D eigenvalue weighted by molar-refractivity contribution is -0.133. The molecule has 0 aliphatic heterocycles. The Bertz CT molecular complexity index is 267. The van der Waals surface area contributed by atoms with Crippen LogP contribution in [0, 0.1) is 5.41 Å². The van der Waals surface area contributed by atoms with Crippen LogP contribution in [0.5, 0.6) is 0 Å². The number of nitrogens with zero attached hydrogens (tertiary/aromatic N) is 1. The summed E-state index contributed by atoms with van der Waals surface area (Å²) in [6.07, 6.45) is 1.85. The molecule has 0 aliphatic rings. The third kappa shape index (κ3) is 4.66. The predicted molar refractivity (Wildman–Crippen MR) is 65.8 cm³/mol. The van der Waals surface area contributed by atoms with Crippen molar-refractivity contribution >= 4 is 5.91 Å².